The molecule has 1 fully saturated rings. The summed E-state index contributed by atoms with van der Waals surface area (Å²) < 4.78 is 5.79. The molecular weight excluding hydrogens is 390 g/mol. The van der Waals surface area contributed by atoms with Gasteiger partial charge in [0.15, 0.2) is 0 Å². The summed E-state index contributed by atoms with van der Waals surface area (Å²) in [6.45, 7) is 6.83. The van der Waals surface area contributed by atoms with Crippen molar-refractivity contribution >= 4 is 16.6 Å². The molecule has 0 amide bonds. The SMILES string of the molecule is CCCc1ccc(N2CCN(C[C@@H](O)COc3ccc4[nH]c(=O)ccc4c3)CC2)cc1. The number of rotatable bonds is 8. The highest BCUT2D eigenvalue weighted by molar-refractivity contribution is 5.79. The van der Waals surface area contributed by atoms with Gasteiger partial charge in [-0.25, -0.2) is 0 Å². The number of nitrogens with zero attached hydrogens (tertiary/aromatic N) is 2. The first-order valence-electron chi connectivity index (χ1n) is 11.1. The summed E-state index contributed by atoms with van der Waals surface area (Å²) in [4.78, 5) is 18.9. The Kier molecular flexibility index (Phi) is 6.89. The Morgan fingerprint density at radius 2 is 1.81 bits per heavy atom. The fourth-order valence-electron chi connectivity index (χ4n) is 4.12. The first kappa shape index (κ1) is 21.4. The van der Waals surface area contributed by atoms with E-state index in [1.165, 1.54) is 23.7 Å². The third-order valence-electron chi connectivity index (χ3n) is 5.82. The minimum atomic E-state index is -0.550. The number of ether oxygens (including phenoxy) is 1. The molecule has 1 aromatic heterocycles. The summed E-state index contributed by atoms with van der Waals surface area (Å²) in [6.07, 6.45) is 1.75. The molecule has 0 radical (unpaired) electrons. The van der Waals surface area contributed by atoms with E-state index in [0.717, 1.165) is 43.5 Å². The fraction of sp³-hybridized carbons (Fsp3) is 0.400. The number of aromatic nitrogens is 1. The Labute approximate surface area is 183 Å². The molecule has 6 nitrogen and oxygen atoms in total. The highest BCUT2D eigenvalue weighted by Crippen LogP contribution is 2.20. The zero-order valence-corrected chi connectivity index (χ0v) is 18.1. The first-order valence-corrected chi connectivity index (χ1v) is 11.1. The largest absolute Gasteiger partial charge is 0.491 e. The Morgan fingerprint density at radius 3 is 2.55 bits per heavy atom. The van der Waals surface area contributed by atoms with Crippen molar-refractivity contribution in [2.75, 3.05) is 44.2 Å². The van der Waals surface area contributed by atoms with Gasteiger partial charge in [0.25, 0.3) is 0 Å². The molecular formula is C25H31N3O3. The van der Waals surface area contributed by atoms with Crippen molar-refractivity contribution in [2.45, 2.75) is 25.9 Å². The molecule has 31 heavy (non-hydrogen) atoms. The summed E-state index contributed by atoms with van der Waals surface area (Å²) in [6, 6.07) is 17.7. The van der Waals surface area contributed by atoms with Gasteiger partial charge in [0.05, 0.1) is 0 Å². The number of hydrogen-bond acceptors (Lipinski definition) is 5. The molecule has 0 spiro atoms. The van der Waals surface area contributed by atoms with Crippen molar-refractivity contribution in [3.63, 3.8) is 0 Å². The second-order valence-electron chi connectivity index (χ2n) is 8.24. The molecule has 1 aliphatic heterocycles. The summed E-state index contributed by atoms with van der Waals surface area (Å²) >= 11 is 0. The van der Waals surface area contributed by atoms with Crippen LogP contribution >= 0.6 is 0 Å². The van der Waals surface area contributed by atoms with E-state index in [-0.39, 0.29) is 12.2 Å². The third kappa shape index (κ3) is 5.66. The zero-order valence-electron chi connectivity index (χ0n) is 18.1. The van der Waals surface area contributed by atoms with Gasteiger partial charge in [-0.15, -0.1) is 0 Å². The summed E-state index contributed by atoms with van der Waals surface area (Å²) in [7, 11) is 0. The van der Waals surface area contributed by atoms with E-state index in [9.17, 15) is 9.90 Å². The standard InChI is InChI=1S/C25H31N3O3/c1-2-3-19-4-7-21(8-5-19)28-14-12-27(13-15-28)17-22(29)18-31-23-9-10-24-20(16-23)6-11-25(30)26-24/h4-11,16,22,29H,2-3,12-15,17-18H2,1H3,(H,26,30)/t22-/m1/s1. The average Bonchev–Trinajstić information content (AvgIpc) is 2.79. The number of aryl methyl sites for hydroxylation is 1. The number of fused-ring (bicyclic) bond motifs is 1. The molecule has 2 N–H and O–H groups in total. The molecule has 6 heteroatoms. The molecule has 2 aromatic carbocycles. The molecule has 164 valence electrons. The minimum Gasteiger partial charge on any atom is -0.491 e. The normalized spacial score (nSPS) is 15.9. The van der Waals surface area contributed by atoms with Gasteiger partial charge in [-0.05, 0) is 48.4 Å². The molecule has 4 rings (SSSR count). The molecule has 0 saturated carbocycles. The number of anilines is 1. The van der Waals surface area contributed by atoms with Gasteiger partial charge in [-0.3, -0.25) is 9.69 Å². The van der Waals surface area contributed by atoms with Gasteiger partial charge in [0, 0.05) is 55.4 Å². The number of aliphatic hydroxyl groups excluding tert-OH is 1. The van der Waals surface area contributed by atoms with E-state index in [2.05, 4.69) is 46.0 Å². The van der Waals surface area contributed by atoms with Gasteiger partial charge in [0.1, 0.15) is 18.5 Å². The van der Waals surface area contributed by atoms with Crippen LogP contribution in [0.1, 0.15) is 18.9 Å². The Morgan fingerprint density at radius 1 is 1.03 bits per heavy atom. The zero-order chi connectivity index (χ0) is 21.6. The van der Waals surface area contributed by atoms with Gasteiger partial charge in [-0.2, -0.15) is 0 Å². The number of pyridine rings is 1. The number of nitrogens with one attached hydrogen (secondary N) is 1. The minimum absolute atomic E-state index is 0.120. The van der Waals surface area contributed by atoms with Crippen LogP contribution in [0.15, 0.2) is 59.4 Å². The van der Waals surface area contributed by atoms with Crippen LogP contribution in [-0.4, -0.2) is 60.4 Å². The van der Waals surface area contributed by atoms with E-state index in [0.29, 0.717) is 12.3 Å². The molecule has 0 unspecified atom stereocenters. The van der Waals surface area contributed by atoms with Gasteiger partial charge in [0.2, 0.25) is 5.56 Å². The van der Waals surface area contributed by atoms with Gasteiger partial charge < -0.3 is 19.7 Å². The molecule has 0 aliphatic carbocycles. The number of β-amino-alcohol motifs (C(OH)–C–C–N with tert-alkyl or cyclic N) is 1. The number of aromatic amines is 1. The first-order chi connectivity index (χ1) is 15.1. The maximum atomic E-state index is 11.4. The lowest BCUT2D eigenvalue weighted by atomic mass is 10.1. The third-order valence-corrected chi connectivity index (χ3v) is 5.82. The van der Waals surface area contributed by atoms with Crippen molar-refractivity contribution in [2.24, 2.45) is 0 Å². The molecule has 0 bridgehead atoms. The Bertz CT molecular complexity index is 1040. The van der Waals surface area contributed by atoms with Crippen LogP contribution in [0.2, 0.25) is 0 Å². The van der Waals surface area contributed by atoms with E-state index in [4.69, 9.17) is 4.74 Å². The van der Waals surface area contributed by atoms with Crippen LogP contribution in [0.4, 0.5) is 5.69 Å². The smallest absolute Gasteiger partial charge is 0.248 e. The quantitative estimate of drug-likeness (QED) is 0.585. The fourth-order valence-corrected chi connectivity index (χ4v) is 4.12. The lowest BCUT2D eigenvalue weighted by Crippen LogP contribution is -2.49. The Balaban J connectivity index is 1.23. The van der Waals surface area contributed by atoms with E-state index < -0.39 is 6.10 Å². The van der Waals surface area contributed by atoms with Crippen molar-refractivity contribution in [1.82, 2.24) is 9.88 Å². The maximum Gasteiger partial charge on any atom is 0.248 e. The molecule has 1 aliphatic rings. The van der Waals surface area contributed by atoms with Crippen molar-refractivity contribution in [3.05, 3.63) is 70.5 Å². The second kappa shape index (κ2) is 9.98. The molecule has 3 aromatic rings. The van der Waals surface area contributed by atoms with Gasteiger partial charge >= 0.3 is 0 Å². The van der Waals surface area contributed by atoms with Crippen LogP contribution in [0.3, 0.4) is 0 Å². The lowest BCUT2D eigenvalue weighted by molar-refractivity contribution is 0.0663. The number of benzene rings is 2. The molecule has 1 saturated heterocycles. The van der Waals surface area contributed by atoms with E-state index >= 15 is 0 Å². The van der Waals surface area contributed by atoms with Crippen molar-refractivity contribution in [1.29, 1.82) is 0 Å². The van der Waals surface area contributed by atoms with Crippen molar-refractivity contribution in [3.8, 4) is 5.75 Å². The van der Waals surface area contributed by atoms with Crippen LogP contribution in [-0.2, 0) is 6.42 Å². The highest BCUT2D eigenvalue weighted by Gasteiger charge is 2.20. The summed E-state index contributed by atoms with van der Waals surface area (Å²) in [5.41, 5.74) is 3.33. The monoisotopic (exact) mass is 421 g/mol. The van der Waals surface area contributed by atoms with Crippen LogP contribution in [0.5, 0.6) is 5.75 Å². The molecule has 2 heterocycles. The predicted molar refractivity (Wildman–Crippen MR) is 125 cm³/mol. The summed E-state index contributed by atoms with van der Waals surface area (Å²) in [5.74, 6) is 0.690. The van der Waals surface area contributed by atoms with E-state index in [1.807, 2.05) is 18.2 Å². The Hall–Kier alpha value is -2.83. The maximum absolute atomic E-state index is 11.4. The number of piperazine rings is 1. The van der Waals surface area contributed by atoms with Gasteiger partial charge in [-0.1, -0.05) is 25.5 Å². The second-order valence-corrected chi connectivity index (χ2v) is 8.24. The van der Waals surface area contributed by atoms with Crippen molar-refractivity contribution < 1.29 is 9.84 Å². The number of H-pyrrole nitrogens is 1. The average molecular weight is 422 g/mol. The highest BCUT2D eigenvalue weighted by atomic mass is 16.5. The van der Waals surface area contributed by atoms with Crippen LogP contribution < -0.4 is 15.2 Å². The van der Waals surface area contributed by atoms with Crippen LogP contribution in [0.25, 0.3) is 10.9 Å². The predicted octanol–water partition coefficient (Wildman–Crippen LogP) is 3.04. The van der Waals surface area contributed by atoms with E-state index in [1.54, 1.807) is 6.07 Å². The molecule has 1 atom stereocenters. The topological polar surface area (TPSA) is 68.8 Å². The number of hydrogen-bond donors (Lipinski definition) is 2. The van der Waals surface area contributed by atoms with Crippen LogP contribution in [0, 0.1) is 0 Å². The lowest BCUT2D eigenvalue weighted by Gasteiger charge is -2.37. The summed E-state index contributed by atoms with van der Waals surface area (Å²) in [5, 5.41) is 11.4. The number of aliphatic hydroxyl groups is 1.